The maximum absolute atomic E-state index is 13.2. The molecule has 32 heavy (non-hydrogen) atoms. The van der Waals surface area contributed by atoms with E-state index in [9.17, 15) is 9.59 Å². The lowest BCUT2D eigenvalue weighted by atomic mass is 9.95. The Morgan fingerprint density at radius 2 is 1.72 bits per heavy atom. The molecule has 1 aliphatic rings. The average Bonchev–Trinajstić information content (AvgIpc) is 2.80. The van der Waals surface area contributed by atoms with E-state index in [-0.39, 0.29) is 17.9 Å². The van der Waals surface area contributed by atoms with Crippen molar-refractivity contribution >= 4 is 35.2 Å². The van der Waals surface area contributed by atoms with Crippen molar-refractivity contribution in [2.24, 2.45) is 0 Å². The van der Waals surface area contributed by atoms with E-state index in [0.717, 1.165) is 36.1 Å². The number of carbonyl (C=O) groups is 2. The van der Waals surface area contributed by atoms with E-state index in [2.05, 4.69) is 36.5 Å². The fourth-order valence-corrected chi connectivity index (χ4v) is 4.94. The van der Waals surface area contributed by atoms with Crippen molar-refractivity contribution in [3.8, 4) is 0 Å². The number of benzene rings is 2. The molecular formula is C26H33ClN2O2S. The van der Waals surface area contributed by atoms with Gasteiger partial charge in [-0.1, -0.05) is 60.7 Å². The highest BCUT2D eigenvalue weighted by molar-refractivity contribution is 7.99. The third-order valence-electron chi connectivity index (χ3n) is 5.99. The van der Waals surface area contributed by atoms with E-state index in [0.29, 0.717) is 23.7 Å². The lowest BCUT2D eigenvalue weighted by Crippen LogP contribution is -2.50. The van der Waals surface area contributed by atoms with E-state index < -0.39 is 6.04 Å². The second kappa shape index (κ2) is 12.3. The second-order valence-electron chi connectivity index (χ2n) is 8.58. The number of halogens is 1. The second-order valence-corrected chi connectivity index (χ2v) is 10.2. The lowest BCUT2D eigenvalue weighted by Gasteiger charge is -2.31. The molecule has 0 saturated heterocycles. The average molecular weight is 473 g/mol. The highest BCUT2D eigenvalue weighted by Crippen LogP contribution is 2.22. The van der Waals surface area contributed by atoms with Crippen LogP contribution < -0.4 is 5.32 Å². The quantitative estimate of drug-likeness (QED) is 0.455. The van der Waals surface area contributed by atoms with Gasteiger partial charge in [0.2, 0.25) is 11.8 Å². The first-order valence-corrected chi connectivity index (χ1v) is 12.8. The maximum atomic E-state index is 13.2. The number of nitrogens with one attached hydrogen (secondary N) is 1. The van der Waals surface area contributed by atoms with E-state index in [1.165, 1.54) is 12.0 Å². The Labute approximate surface area is 201 Å². The van der Waals surface area contributed by atoms with Gasteiger partial charge in [0.25, 0.3) is 0 Å². The van der Waals surface area contributed by atoms with E-state index in [1.54, 1.807) is 16.7 Å². The summed E-state index contributed by atoms with van der Waals surface area (Å²) in [6, 6.07) is 15.5. The standard InChI is InChI=1S/C26H33ClN2O2S/c1-19-8-14-24(15-9-19)32-17-16-25(30)29(18-21-10-12-22(27)13-11-21)20(2)26(31)28-23-6-4-3-5-7-23/h8-15,20,23H,3-7,16-18H2,1-2H3,(H,28,31)/t20-/m0/s1. The van der Waals surface area contributed by atoms with Crippen LogP contribution in [0.2, 0.25) is 5.02 Å². The number of thioether (sulfide) groups is 1. The predicted molar refractivity (Wildman–Crippen MR) is 133 cm³/mol. The summed E-state index contributed by atoms with van der Waals surface area (Å²) in [5.74, 6) is 0.604. The maximum Gasteiger partial charge on any atom is 0.242 e. The summed E-state index contributed by atoms with van der Waals surface area (Å²) in [5.41, 5.74) is 2.18. The van der Waals surface area contributed by atoms with Gasteiger partial charge in [-0.25, -0.2) is 0 Å². The minimum Gasteiger partial charge on any atom is -0.352 e. The molecule has 1 saturated carbocycles. The third-order valence-corrected chi connectivity index (χ3v) is 7.26. The fraction of sp³-hybridized carbons (Fsp3) is 0.462. The number of aryl methyl sites for hydroxylation is 1. The Bertz CT molecular complexity index is 880. The van der Waals surface area contributed by atoms with Crippen LogP contribution in [-0.2, 0) is 16.1 Å². The predicted octanol–water partition coefficient (Wildman–Crippen LogP) is 6.00. The molecule has 0 bridgehead atoms. The molecule has 2 amide bonds. The minimum absolute atomic E-state index is 0.00847. The molecule has 0 radical (unpaired) electrons. The molecule has 172 valence electrons. The third kappa shape index (κ3) is 7.56. The summed E-state index contributed by atoms with van der Waals surface area (Å²) in [7, 11) is 0. The highest BCUT2D eigenvalue weighted by atomic mass is 35.5. The molecule has 3 rings (SSSR count). The Balaban J connectivity index is 1.64. The van der Waals surface area contributed by atoms with Gasteiger partial charge in [-0.2, -0.15) is 0 Å². The van der Waals surface area contributed by atoms with Crippen LogP contribution in [0.3, 0.4) is 0 Å². The van der Waals surface area contributed by atoms with Gasteiger partial charge in [0.15, 0.2) is 0 Å². The molecule has 0 heterocycles. The van der Waals surface area contributed by atoms with Crippen molar-refractivity contribution in [2.45, 2.75) is 75.9 Å². The van der Waals surface area contributed by atoms with Gasteiger partial charge in [0.05, 0.1) is 0 Å². The zero-order valence-electron chi connectivity index (χ0n) is 19.0. The molecule has 1 atom stereocenters. The van der Waals surface area contributed by atoms with Crippen LogP contribution in [-0.4, -0.2) is 34.6 Å². The Morgan fingerprint density at radius 1 is 1.06 bits per heavy atom. The fourth-order valence-electron chi connectivity index (χ4n) is 3.97. The normalized spacial score (nSPS) is 15.2. The SMILES string of the molecule is Cc1ccc(SCCC(=O)N(Cc2ccc(Cl)cc2)[C@@H](C)C(=O)NC2CCCCC2)cc1. The van der Waals surface area contributed by atoms with Crippen LogP contribution in [0.1, 0.15) is 56.6 Å². The number of amides is 2. The van der Waals surface area contributed by atoms with Gasteiger partial charge in [0.1, 0.15) is 6.04 Å². The summed E-state index contributed by atoms with van der Waals surface area (Å²) < 4.78 is 0. The molecule has 1 N–H and O–H groups in total. The van der Waals surface area contributed by atoms with Gasteiger partial charge < -0.3 is 10.2 Å². The molecule has 4 nitrogen and oxygen atoms in total. The van der Waals surface area contributed by atoms with E-state index in [1.807, 2.05) is 31.2 Å². The Hall–Kier alpha value is -1.98. The van der Waals surface area contributed by atoms with Gasteiger partial charge >= 0.3 is 0 Å². The van der Waals surface area contributed by atoms with Gasteiger partial charge in [-0.15, -0.1) is 11.8 Å². The molecule has 1 aliphatic carbocycles. The minimum atomic E-state index is -0.524. The first-order valence-electron chi connectivity index (χ1n) is 11.5. The monoisotopic (exact) mass is 472 g/mol. The molecule has 0 aliphatic heterocycles. The van der Waals surface area contributed by atoms with Crippen molar-refractivity contribution in [2.75, 3.05) is 5.75 Å². The molecule has 0 unspecified atom stereocenters. The molecular weight excluding hydrogens is 440 g/mol. The van der Waals surface area contributed by atoms with Crippen LogP contribution in [0.5, 0.6) is 0 Å². The van der Waals surface area contributed by atoms with E-state index >= 15 is 0 Å². The summed E-state index contributed by atoms with van der Waals surface area (Å²) in [6.07, 6.45) is 5.98. The summed E-state index contributed by atoms with van der Waals surface area (Å²) >= 11 is 7.69. The van der Waals surface area contributed by atoms with E-state index in [4.69, 9.17) is 11.6 Å². The summed E-state index contributed by atoms with van der Waals surface area (Å²) in [4.78, 5) is 29.1. The first-order chi connectivity index (χ1) is 15.4. The number of hydrogen-bond donors (Lipinski definition) is 1. The number of rotatable bonds is 9. The van der Waals surface area contributed by atoms with Crippen molar-refractivity contribution in [1.29, 1.82) is 0 Å². The van der Waals surface area contributed by atoms with Gasteiger partial charge in [0, 0.05) is 34.7 Å². The molecule has 0 spiro atoms. The summed E-state index contributed by atoms with van der Waals surface area (Å²) in [6.45, 7) is 4.29. The zero-order valence-corrected chi connectivity index (χ0v) is 20.6. The zero-order chi connectivity index (χ0) is 22.9. The highest BCUT2D eigenvalue weighted by Gasteiger charge is 2.27. The van der Waals surface area contributed by atoms with Crippen molar-refractivity contribution < 1.29 is 9.59 Å². The Kier molecular flexibility index (Phi) is 9.49. The van der Waals surface area contributed by atoms with Crippen molar-refractivity contribution in [1.82, 2.24) is 10.2 Å². The number of nitrogens with zero attached hydrogens (tertiary/aromatic N) is 1. The van der Waals surface area contributed by atoms with Crippen molar-refractivity contribution in [3.63, 3.8) is 0 Å². The number of carbonyl (C=O) groups excluding carboxylic acids is 2. The topological polar surface area (TPSA) is 49.4 Å². The van der Waals surface area contributed by atoms with Crippen LogP contribution in [0.15, 0.2) is 53.4 Å². The molecule has 2 aromatic rings. The van der Waals surface area contributed by atoms with Crippen LogP contribution in [0.25, 0.3) is 0 Å². The van der Waals surface area contributed by atoms with Crippen LogP contribution in [0, 0.1) is 6.92 Å². The summed E-state index contributed by atoms with van der Waals surface area (Å²) in [5, 5.41) is 3.83. The first kappa shape index (κ1) is 24.7. The Morgan fingerprint density at radius 3 is 2.38 bits per heavy atom. The molecule has 1 fully saturated rings. The largest absolute Gasteiger partial charge is 0.352 e. The van der Waals surface area contributed by atoms with Crippen LogP contribution >= 0.6 is 23.4 Å². The van der Waals surface area contributed by atoms with Crippen LogP contribution in [0.4, 0.5) is 0 Å². The van der Waals surface area contributed by atoms with Gasteiger partial charge in [-0.05, 0) is 56.5 Å². The van der Waals surface area contributed by atoms with Gasteiger partial charge in [-0.3, -0.25) is 9.59 Å². The molecule has 2 aromatic carbocycles. The number of hydrogen-bond acceptors (Lipinski definition) is 3. The van der Waals surface area contributed by atoms with Crippen molar-refractivity contribution in [3.05, 3.63) is 64.7 Å². The molecule has 0 aromatic heterocycles. The molecule has 6 heteroatoms. The smallest absolute Gasteiger partial charge is 0.242 e. The lowest BCUT2D eigenvalue weighted by molar-refractivity contribution is -0.140.